The molecule has 1 fully saturated rings. The van der Waals surface area contributed by atoms with E-state index in [1.165, 1.54) is 18.5 Å². The van der Waals surface area contributed by atoms with Gasteiger partial charge in [-0.3, -0.25) is 0 Å². The second-order valence-electron chi connectivity index (χ2n) is 2.82. The molecule has 1 aromatic heterocycles. The van der Waals surface area contributed by atoms with Crippen molar-refractivity contribution in [3.8, 4) is 0 Å². The summed E-state index contributed by atoms with van der Waals surface area (Å²) in [5.41, 5.74) is 1.42. The van der Waals surface area contributed by atoms with Gasteiger partial charge in [-0.25, -0.2) is 4.98 Å². The summed E-state index contributed by atoms with van der Waals surface area (Å²) in [6.45, 7) is 0. The second-order valence-corrected chi connectivity index (χ2v) is 4.95. The molecule has 1 aromatic rings. The third-order valence-electron chi connectivity index (χ3n) is 2.20. The Kier molecular flexibility index (Phi) is 1.78. The van der Waals surface area contributed by atoms with Crippen molar-refractivity contribution in [3.63, 3.8) is 0 Å². The molecule has 0 radical (unpaired) electrons. The number of nitrogens with one attached hydrogen (secondary N) is 1. The molecule has 1 aliphatic carbocycles. The molecule has 2 nitrogen and oxygen atoms in total. The van der Waals surface area contributed by atoms with Gasteiger partial charge < -0.3 is 5.32 Å². The van der Waals surface area contributed by atoms with E-state index >= 15 is 0 Å². The monoisotopic (exact) mass is 232 g/mol. The van der Waals surface area contributed by atoms with E-state index in [1.807, 2.05) is 7.05 Å². The summed E-state index contributed by atoms with van der Waals surface area (Å²) < 4.78 is 0.981. The number of hydrogen-bond donors (Lipinski definition) is 1. The number of thiazole rings is 1. The molecule has 0 bridgehead atoms. The Hall–Kier alpha value is 0.0700. The fourth-order valence-electron chi connectivity index (χ4n) is 1.23. The summed E-state index contributed by atoms with van der Waals surface area (Å²) in [5, 5.41) is 5.42. The summed E-state index contributed by atoms with van der Waals surface area (Å²) in [5.74, 6) is 0. The quantitative estimate of drug-likeness (QED) is 0.846. The van der Waals surface area contributed by atoms with Crippen LogP contribution in [0, 0.1) is 0 Å². The smallest absolute Gasteiger partial charge is 0.159 e. The summed E-state index contributed by atoms with van der Waals surface area (Å²) in [7, 11) is 2.00. The zero-order valence-corrected chi connectivity index (χ0v) is 8.63. The SMILES string of the molecule is CNC1(c2csc(Br)n2)CC1. The largest absolute Gasteiger partial charge is 0.309 e. The van der Waals surface area contributed by atoms with Crippen LogP contribution in [0.5, 0.6) is 0 Å². The molecule has 1 N–H and O–H groups in total. The van der Waals surface area contributed by atoms with E-state index in [-0.39, 0.29) is 5.54 Å². The van der Waals surface area contributed by atoms with Gasteiger partial charge in [0.2, 0.25) is 0 Å². The topological polar surface area (TPSA) is 24.9 Å². The molecule has 0 aromatic carbocycles. The van der Waals surface area contributed by atoms with Crippen LogP contribution in [0.4, 0.5) is 0 Å². The van der Waals surface area contributed by atoms with E-state index in [1.54, 1.807) is 11.3 Å². The minimum absolute atomic E-state index is 0.225. The number of hydrogen-bond acceptors (Lipinski definition) is 3. The molecular formula is C7H9BrN2S. The van der Waals surface area contributed by atoms with Gasteiger partial charge in [0, 0.05) is 5.38 Å². The average molecular weight is 233 g/mol. The van der Waals surface area contributed by atoms with Crippen LogP contribution in [-0.4, -0.2) is 12.0 Å². The summed E-state index contributed by atoms with van der Waals surface area (Å²) in [6.07, 6.45) is 2.44. The second kappa shape index (κ2) is 2.54. The highest BCUT2D eigenvalue weighted by Crippen LogP contribution is 2.45. The lowest BCUT2D eigenvalue weighted by atomic mass is 10.2. The Morgan fingerprint density at radius 1 is 1.73 bits per heavy atom. The van der Waals surface area contributed by atoms with Crippen molar-refractivity contribution in [3.05, 3.63) is 15.0 Å². The maximum atomic E-state index is 4.39. The van der Waals surface area contributed by atoms with E-state index in [0.29, 0.717) is 0 Å². The Bertz CT molecular complexity index is 267. The fourth-order valence-corrected chi connectivity index (χ4v) is 2.34. The molecular weight excluding hydrogens is 224 g/mol. The van der Waals surface area contributed by atoms with Crippen molar-refractivity contribution >= 4 is 27.3 Å². The zero-order valence-electron chi connectivity index (χ0n) is 6.22. The van der Waals surface area contributed by atoms with Crippen molar-refractivity contribution < 1.29 is 0 Å². The van der Waals surface area contributed by atoms with Gasteiger partial charge in [0.05, 0.1) is 11.2 Å². The highest BCUT2D eigenvalue weighted by Gasteiger charge is 2.44. The first kappa shape index (κ1) is 7.71. The number of aromatic nitrogens is 1. The number of nitrogens with zero attached hydrogens (tertiary/aromatic N) is 1. The molecule has 60 valence electrons. The fraction of sp³-hybridized carbons (Fsp3) is 0.571. The van der Waals surface area contributed by atoms with Crippen LogP contribution < -0.4 is 5.32 Å². The summed E-state index contributed by atoms with van der Waals surface area (Å²) in [4.78, 5) is 4.39. The van der Waals surface area contributed by atoms with Gasteiger partial charge in [-0.2, -0.15) is 0 Å². The van der Waals surface area contributed by atoms with Crippen LogP contribution in [0.1, 0.15) is 18.5 Å². The van der Waals surface area contributed by atoms with Gasteiger partial charge in [0.15, 0.2) is 3.92 Å². The van der Waals surface area contributed by atoms with Crippen molar-refractivity contribution in [2.75, 3.05) is 7.05 Å². The summed E-state index contributed by atoms with van der Waals surface area (Å²) >= 11 is 5.01. The van der Waals surface area contributed by atoms with Crippen LogP contribution in [0.15, 0.2) is 9.30 Å². The highest BCUT2D eigenvalue weighted by atomic mass is 79.9. The maximum Gasteiger partial charge on any atom is 0.159 e. The molecule has 2 rings (SSSR count). The van der Waals surface area contributed by atoms with Crippen molar-refractivity contribution in [1.29, 1.82) is 0 Å². The molecule has 4 heteroatoms. The van der Waals surface area contributed by atoms with Gasteiger partial charge in [0.25, 0.3) is 0 Å². The molecule has 0 spiro atoms. The normalized spacial score (nSPS) is 20.2. The van der Waals surface area contributed by atoms with Crippen molar-refractivity contribution in [2.24, 2.45) is 0 Å². The Labute approximate surface area is 78.2 Å². The minimum atomic E-state index is 0.225. The lowest BCUT2D eigenvalue weighted by Gasteiger charge is -2.09. The van der Waals surface area contributed by atoms with Gasteiger partial charge in [-0.05, 0) is 35.8 Å². The van der Waals surface area contributed by atoms with Gasteiger partial charge in [-0.15, -0.1) is 11.3 Å². The van der Waals surface area contributed by atoms with Crippen LogP contribution in [0.2, 0.25) is 0 Å². The Balaban J connectivity index is 2.29. The number of halogens is 1. The van der Waals surface area contributed by atoms with Crippen LogP contribution in [0.3, 0.4) is 0 Å². The van der Waals surface area contributed by atoms with E-state index < -0.39 is 0 Å². The van der Waals surface area contributed by atoms with Crippen LogP contribution >= 0.6 is 27.3 Å². The Morgan fingerprint density at radius 3 is 2.82 bits per heavy atom. The molecule has 11 heavy (non-hydrogen) atoms. The van der Waals surface area contributed by atoms with E-state index in [0.717, 1.165) is 3.92 Å². The van der Waals surface area contributed by atoms with Crippen LogP contribution in [-0.2, 0) is 5.54 Å². The van der Waals surface area contributed by atoms with Crippen LogP contribution in [0.25, 0.3) is 0 Å². The predicted molar refractivity (Wildman–Crippen MR) is 49.8 cm³/mol. The maximum absolute atomic E-state index is 4.39. The predicted octanol–water partition coefficient (Wildman–Crippen LogP) is 2.11. The van der Waals surface area contributed by atoms with E-state index in [2.05, 4.69) is 31.6 Å². The first-order valence-corrected chi connectivity index (χ1v) is 5.24. The van der Waals surface area contributed by atoms with Crippen molar-refractivity contribution in [1.82, 2.24) is 10.3 Å². The van der Waals surface area contributed by atoms with Gasteiger partial charge in [0.1, 0.15) is 0 Å². The van der Waals surface area contributed by atoms with Crippen molar-refractivity contribution in [2.45, 2.75) is 18.4 Å². The molecule has 0 unspecified atom stereocenters. The molecule has 0 amide bonds. The lowest BCUT2D eigenvalue weighted by molar-refractivity contribution is 0.570. The van der Waals surface area contributed by atoms with Gasteiger partial charge >= 0.3 is 0 Å². The lowest BCUT2D eigenvalue weighted by Crippen LogP contribution is -2.24. The zero-order chi connectivity index (χ0) is 7.90. The standard InChI is InChI=1S/C7H9BrN2S/c1-9-7(2-3-7)5-4-11-6(8)10-5/h4,9H,2-3H2,1H3. The summed E-state index contributed by atoms with van der Waals surface area (Å²) in [6, 6.07) is 0. The first-order chi connectivity index (χ1) is 5.27. The molecule has 0 saturated heterocycles. The molecule has 0 atom stereocenters. The Morgan fingerprint density at radius 2 is 2.45 bits per heavy atom. The molecule has 1 heterocycles. The third kappa shape index (κ3) is 1.23. The molecule has 0 aliphatic heterocycles. The minimum Gasteiger partial charge on any atom is -0.309 e. The number of rotatable bonds is 2. The van der Waals surface area contributed by atoms with E-state index in [9.17, 15) is 0 Å². The third-order valence-corrected chi connectivity index (χ3v) is 3.56. The van der Waals surface area contributed by atoms with E-state index in [4.69, 9.17) is 0 Å². The van der Waals surface area contributed by atoms with Gasteiger partial charge in [-0.1, -0.05) is 0 Å². The molecule has 1 aliphatic rings. The average Bonchev–Trinajstić information content (AvgIpc) is 2.70. The molecule has 1 saturated carbocycles. The highest BCUT2D eigenvalue weighted by molar-refractivity contribution is 9.11. The first-order valence-electron chi connectivity index (χ1n) is 3.57.